The van der Waals surface area contributed by atoms with E-state index in [0.717, 1.165) is 4.90 Å². The Morgan fingerprint density at radius 1 is 0.893 bits per heavy atom. The van der Waals surface area contributed by atoms with Gasteiger partial charge in [-0.1, -0.05) is 59.8 Å². The summed E-state index contributed by atoms with van der Waals surface area (Å²) in [5.41, 5.74) is 0.0875. The second-order valence-electron chi connectivity index (χ2n) is 5.98. The van der Waals surface area contributed by atoms with Gasteiger partial charge in [-0.25, -0.2) is 0 Å². The number of aromatic nitrogens is 1. The number of hydrogen-bond donors (Lipinski definition) is 0. The Balaban J connectivity index is 2.05. The molecule has 7 heteroatoms. The van der Waals surface area contributed by atoms with Gasteiger partial charge in [0.1, 0.15) is 4.90 Å². The number of nitro groups is 1. The Labute approximate surface area is 169 Å². The molecule has 28 heavy (non-hydrogen) atoms. The Bertz CT molecular complexity index is 1240. The maximum absolute atomic E-state index is 13.2. The average Bonchev–Trinajstić information content (AvgIpc) is 2.70. The molecule has 0 N–H and O–H groups in total. The number of nitrogens with zero attached hydrogens (tertiary/aromatic N) is 2. The zero-order valence-corrected chi connectivity index (χ0v) is 16.0. The molecule has 0 unspecified atom stereocenters. The SMILES string of the molecule is O=c1c([N+](=O)[O-])c(Sc2ccc(Cl)cc2)c2ccccc2n1-c1ccccc1. The fourth-order valence-electron chi connectivity index (χ4n) is 3.02. The largest absolute Gasteiger partial charge is 0.348 e. The third-order valence-corrected chi connectivity index (χ3v) is 5.62. The lowest BCUT2D eigenvalue weighted by atomic mass is 10.2. The lowest BCUT2D eigenvalue weighted by Gasteiger charge is -2.14. The molecule has 0 aliphatic heterocycles. The fourth-order valence-corrected chi connectivity index (χ4v) is 4.19. The van der Waals surface area contributed by atoms with Crippen molar-refractivity contribution in [2.45, 2.75) is 9.79 Å². The van der Waals surface area contributed by atoms with Gasteiger partial charge in [-0.05, 0) is 42.5 Å². The van der Waals surface area contributed by atoms with Crippen molar-refractivity contribution in [3.05, 3.63) is 104 Å². The lowest BCUT2D eigenvalue weighted by molar-refractivity contribution is -0.389. The minimum atomic E-state index is -0.661. The van der Waals surface area contributed by atoms with Crippen molar-refractivity contribution in [3.8, 4) is 5.69 Å². The molecule has 0 amide bonds. The minimum absolute atomic E-state index is 0.320. The van der Waals surface area contributed by atoms with Crippen molar-refractivity contribution in [1.29, 1.82) is 0 Å². The molecule has 0 bridgehead atoms. The molecule has 4 aromatic rings. The van der Waals surface area contributed by atoms with Gasteiger partial charge in [0.05, 0.1) is 10.4 Å². The van der Waals surface area contributed by atoms with Gasteiger partial charge in [-0.15, -0.1) is 0 Å². The van der Waals surface area contributed by atoms with E-state index in [2.05, 4.69) is 0 Å². The zero-order valence-electron chi connectivity index (χ0n) is 14.4. The van der Waals surface area contributed by atoms with Crippen LogP contribution >= 0.6 is 23.4 Å². The van der Waals surface area contributed by atoms with Crippen molar-refractivity contribution in [2.24, 2.45) is 0 Å². The first-order valence-electron chi connectivity index (χ1n) is 8.37. The van der Waals surface area contributed by atoms with E-state index in [4.69, 9.17) is 11.6 Å². The number of halogens is 1. The summed E-state index contributed by atoms with van der Waals surface area (Å²) >= 11 is 7.12. The summed E-state index contributed by atoms with van der Waals surface area (Å²) in [4.78, 5) is 25.5. The minimum Gasteiger partial charge on any atom is -0.271 e. The van der Waals surface area contributed by atoms with Crippen molar-refractivity contribution in [1.82, 2.24) is 4.57 Å². The quantitative estimate of drug-likeness (QED) is 0.320. The van der Waals surface area contributed by atoms with Crippen LogP contribution in [0.1, 0.15) is 0 Å². The number of para-hydroxylation sites is 2. The van der Waals surface area contributed by atoms with E-state index in [9.17, 15) is 14.9 Å². The molecule has 0 aliphatic rings. The van der Waals surface area contributed by atoms with E-state index in [1.54, 1.807) is 66.7 Å². The van der Waals surface area contributed by atoms with E-state index in [0.29, 0.717) is 26.5 Å². The Morgan fingerprint density at radius 3 is 2.21 bits per heavy atom. The topological polar surface area (TPSA) is 65.1 Å². The van der Waals surface area contributed by atoms with Crippen LogP contribution in [0.5, 0.6) is 0 Å². The second kappa shape index (κ2) is 7.50. The Kier molecular flexibility index (Phi) is 4.90. The second-order valence-corrected chi connectivity index (χ2v) is 7.50. The fraction of sp³-hybridized carbons (Fsp3) is 0. The van der Waals surface area contributed by atoms with Crippen LogP contribution in [0.25, 0.3) is 16.6 Å². The molecule has 0 radical (unpaired) electrons. The highest BCUT2D eigenvalue weighted by molar-refractivity contribution is 7.99. The van der Waals surface area contributed by atoms with Gasteiger partial charge >= 0.3 is 11.2 Å². The van der Waals surface area contributed by atoms with Gasteiger partial charge < -0.3 is 0 Å². The number of pyridine rings is 1. The molecule has 1 aromatic heterocycles. The van der Waals surface area contributed by atoms with Crippen molar-refractivity contribution >= 4 is 40.0 Å². The van der Waals surface area contributed by atoms with Crippen LogP contribution in [0.3, 0.4) is 0 Å². The molecular weight excluding hydrogens is 396 g/mol. The maximum Gasteiger partial charge on any atom is 0.348 e. The van der Waals surface area contributed by atoms with Gasteiger partial charge in [0, 0.05) is 21.0 Å². The third-order valence-electron chi connectivity index (χ3n) is 4.24. The molecule has 1 heterocycles. The molecule has 0 saturated carbocycles. The highest BCUT2D eigenvalue weighted by atomic mass is 35.5. The molecule has 0 spiro atoms. The summed E-state index contributed by atoms with van der Waals surface area (Å²) in [6, 6.07) is 23.1. The Morgan fingerprint density at radius 2 is 1.54 bits per heavy atom. The van der Waals surface area contributed by atoms with E-state index in [1.165, 1.54) is 16.3 Å². The van der Waals surface area contributed by atoms with E-state index < -0.39 is 16.2 Å². The highest BCUT2D eigenvalue weighted by Gasteiger charge is 2.27. The summed E-state index contributed by atoms with van der Waals surface area (Å²) in [7, 11) is 0. The van der Waals surface area contributed by atoms with Crippen LogP contribution in [-0.2, 0) is 0 Å². The summed E-state index contributed by atoms with van der Waals surface area (Å²) in [6.45, 7) is 0. The first-order chi connectivity index (χ1) is 13.6. The number of hydrogen-bond acceptors (Lipinski definition) is 4. The first kappa shape index (κ1) is 18.3. The molecule has 0 saturated heterocycles. The number of fused-ring (bicyclic) bond motifs is 1. The Hall–Kier alpha value is -3.09. The summed E-state index contributed by atoms with van der Waals surface area (Å²) in [5, 5.41) is 13.1. The average molecular weight is 409 g/mol. The van der Waals surface area contributed by atoms with Crippen molar-refractivity contribution in [3.63, 3.8) is 0 Å². The van der Waals surface area contributed by atoms with Crippen LogP contribution in [-0.4, -0.2) is 9.49 Å². The third kappa shape index (κ3) is 3.28. The van der Waals surface area contributed by atoms with Gasteiger partial charge in [-0.3, -0.25) is 19.5 Å². The maximum atomic E-state index is 13.2. The van der Waals surface area contributed by atoms with Crippen LogP contribution in [0.4, 0.5) is 5.69 Å². The highest BCUT2D eigenvalue weighted by Crippen LogP contribution is 2.39. The molecule has 5 nitrogen and oxygen atoms in total. The lowest BCUT2D eigenvalue weighted by Crippen LogP contribution is -2.22. The molecule has 138 valence electrons. The smallest absolute Gasteiger partial charge is 0.271 e. The summed E-state index contributed by atoms with van der Waals surface area (Å²) in [6.07, 6.45) is 0. The van der Waals surface area contributed by atoms with Gasteiger partial charge in [0.2, 0.25) is 0 Å². The van der Waals surface area contributed by atoms with Gasteiger partial charge in [0.25, 0.3) is 0 Å². The predicted molar refractivity (Wildman–Crippen MR) is 112 cm³/mol. The first-order valence-corrected chi connectivity index (χ1v) is 9.56. The summed E-state index contributed by atoms with van der Waals surface area (Å²) in [5.74, 6) is 0. The number of benzene rings is 3. The standard InChI is InChI=1S/C21H13ClN2O3S/c22-14-10-12-16(13-11-14)28-20-17-8-4-5-9-18(17)23(15-6-2-1-3-7-15)21(25)19(20)24(26)27/h1-13H. The molecule has 0 fully saturated rings. The zero-order chi connectivity index (χ0) is 19.7. The van der Waals surface area contributed by atoms with E-state index in [-0.39, 0.29) is 0 Å². The number of rotatable bonds is 4. The van der Waals surface area contributed by atoms with Gasteiger partial charge in [-0.2, -0.15) is 0 Å². The molecule has 0 atom stereocenters. The summed E-state index contributed by atoms with van der Waals surface area (Å²) < 4.78 is 1.39. The van der Waals surface area contributed by atoms with E-state index in [1.807, 2.05) is 12.1 Å². The predicted octanol–water partition coefficient (Wildman–Crippen LogP) is 5.70. The molecule has 0 aliphatic carbocycles. The normalized spacial score (nSPS) is 10.9. The van der Waals surface area contributed by atoms with Crippen LogP contribution in [0, 0.1) is 10.1 Å². The molecular formula is C21H13ClN2O3S. The molecule has 4 rings (SSSR count). The van der Waals surface area contributed by atoms with Crippen molar-refractivity contribution in [2.75, 3.05) is 0 Å². The van der Waals surface area contributed by atoms with Crippen LogP contribution < -0.4 is 5.56 Å². The van der Waals surface area contributed by atoms with Crippen molar-refractivity contribution < 1.29 is 4.92 Å². The van der Waals surface area contributed by atoms with Crippen LogP contribution in [0.15, 0.2) is 93.4 Å². The van der Waals surface area contributed by atoms with E-state index >= 15 is 0 Å². The molecule has 3 aromatic carbocycles. The van der Waals surface area contributed by atoms with Crippen LogP contribution in [0.2, 0.25) is 5.02 Å². The monoisotopic (exact) mass is 408 g/mol. The van der Waals surface area contributed by atoms with Gasteiger partial charge in [0.15, 0.2) is 0 Å².